The van der Waals surface area contributed by atoms with Crippen LogP contribution < -0.4 is 10.0 Å². The van der Waals surface area contributed by atoms with Gasteiger partial charge in [0.2, 0.25) is 10.0 Å². The van der Waals surface area contributed by atoms with Gasteiger partial charge >= 0.3 is 0 Å². The maximum Gasteiger partial charge on any atom is 0.244 e. The fourth-order valence-electron chi connectivity index (χ4n) is 1.84. The number of nitrogens with zero attached hydrogens (tertiary/aromatic N) is 1. The van der Waals surface area contributed by atoms with Crippen LogP contribution in [0.5, 0.6) is 0 Å². The van der Waals surface area contributed by atoms with E-state index >= 15 is 0 Å². The Labute approximate surface area is 129 Å². The van der Waals surface area contributed by atoms with Crippen LogP contribution >= 0.6 is 11.3 Å². The molecule has 2 aromatic rings. The lowest BCUT2D eigenvalue weighted by Crippen LogP contribution is -2.27. The van der Waals surface area contributed by atoms with E-state index in [2.05, 4.69) is 15.0 Å². The molecule has 2 heterocycles. The quantitative estimate of drug-likeness (QED) is 0.782. The lowest BCUT2D eigenvalue weighted by Gasteiger charge is -2.12. The standard InChI is InChI=1S/C14H19N3O2S2/c1-2-6-16-13-4-7-15-10-14(13)21(18,19)17-8-3-12-5-9-20-11-12/h4-5,7,9-11,17H,2-3,6,8H2,1H3,(H,15,16). The average Bonchev–Trinajstić information content (AvgIpc) is 2.98. The number of hydrogen-bond acceptors (Lipinski definition) is 5. The van der Waals surface area contributed by atoms with Crippen molar-refractivity contribution in [2.45, 2.75) is 24.7 Å². The van der Waals surface area contributed by atoms with E-state index in [4.69, 9.17) is 0 Å². The van der Waals surface area contributed by atoms with Crippen molar-refractivity contribution in [2.75, 3.05) is 18.4 Å². The van der Waals surface area contributed by atoms with Gasteiger partial charge in [-0.25, -0.2) is 13.1 Å². The molecule has 5 nitrogen and oxygen atoms in total. The molecule has 0 saturated heterocycles. The molecular formula is C14H19N3O2S2. The Morgan fingerprint density at radius 2 is 2.14 bits per heavy atom. The summed E-state index contributed by atoms with van der Waals surface area (Å²) in [6.07, 6.45) is 4.57. The van der Waals surface area contributed by atoms with Crippen molar-refractivity contribution in [2.24, 2.45) is 0 Å². The van der Waals surface area contributed by atoms with Crippen molar-refractivity contribution >= 4 is 27.0 Å². The number of anilines is 1. The highest BCUT2D eigenvalue weighted by Gasteiger charge is 2.18. The van der Waals surface area contributed by atoms with E-state index in [1.807, 2.05) is 23.8 Å². The van der Waals surface area contributed by atoms with E-state index in [1.165, 1.54) is 6.20 Å². The zero-order chi connectivity index (χ0) is 15.1. The van der Waals surface area contributed by atoms with Crippen LogP contribution in [0.1, 0.15) is 18.9 Å². The number of nitrogens with one attached hydrogen (secondary N) is 2. The first-order valence-corrected chi connectivity index (χ1v) is 9.24. The second kappa shape index (κ2) is 7.53. The summed E-state index contributed by atoms with van der Waals surface area (Å²) in [4.78, 5) is 4.12. The van der Waals surface area contributed by atoms with Crippen LogP contribution in [0.3, 0.4) is 0 Å². The van der Waals surface area contributed by atoms with Crippen molar-refractivity contribution in [3.8, 4) is 0 Å². The topological polar surface area (TPSA) is 71.1 Å². The molecule has 2 rings (SSSR count). The first-order chi connectivity index (χ1) is 10.1. The summed E-state index contributed by atoms with van der Waals surface area (Å²) in [6, 6.07) is 3.68. The van der Waals surface area contributed by atoms with E-state index < -0.39 is 10.0 Å². The van der Waals surface area contributed by atoms with Crippen LogP contribution in [0.4, 0.5) is 5.69 Å². The monoisotopic (exact) mass is 325 g/mol. The van der Waals surface area contributed by atoms with Crippen LogP contribution in [-0.4, -0.2) is 26.5 Å². The first kappa shape index (κ1) is 15.9. The zero-order valence-corrected chi connectivity index (χ0v) is 13.5. The third kappa shape index (κ3) is 4.52. The Kier molecular flexibility index (Phi) is 5.72. The Balaban J connectivity index is 2.04. The van der Waals surface area contributed by atoms with Gasteiger partial charge in [-0.05, 0) is 41.3 Å². The Morgan fingerprint density at radius 1 is 1.29 bits per heavy atom. The summed E-state index contributed by atoms with van der Waals surface area (Å²) >= 11 is 1.61. The molecule has 0 radical (unpaired) electrons. The number of pyridine rings is 1. The SMILES string of the molecule is CCCNc1ccncc1S(=O)(=O)NCCc1ccsc1. The third-order valence-corrected chi connectivity index (χ3v) is 5.15. The van der Waals surface area contributed by atoms with Gasteiger partial charge in [-0.3, -0.25) is 4.98 Å². The molecule has 0 aromatic carbocycles. The van der Waals surface area contributed by atoms with Gasteiger partial charge in [0.25, 0.3) is 0 Å². The highest BCUT2D eigenvalue weighted by molar-refractivity contribution is 7.89. The summed E-state index contributed by atoms with van der Waals surface area (Å²) in [6.45, 7) is 3.13. The molecule has 21 heavy (non-hydrogen) atoms. The molecule has 0 saturated carbocycles. The van der Waals surface area contributed by atoms with Crippen LogP contribution in [0, 0.1) is 0 Å². The second-order valence-corrected chi connectivity index (χ2v) is 7.09. The second-order valence-electron chi connectivity index (χ2n) is 4.58. The van der Waals surface area contributed by atoms with Crippen LogP contribution in [0.2, 0.25) is 0 Å². The van der Waals surface area contributed by atoms with Gasteiger partial charge in [-0.1, -0.05) is 6.92 Å². The van der Waals surface area contributed by atoms with Gasteiger partial charge in [-0.2, -0.15) is 11.3 Å². The Hall–Kier alpha value is -1.44. The maximum absolute atomic E-state index is 12.4. The zero-order valence-electron chi connectivity index (χ0n) is 11.9. The van der Waals surface area contributed by atoms with Crippen molar-refractivity contribution in [1.82, 2.24) is 9.71 Å². The van der Waals surface area contributed by atoms with Gasteiger partial charge in [0, 0.05) is 25.5 Å². The number of hydrogen-bond donors (Lipinski definition) is 2. The molecule has 0 fully saturated rings. The summed E-state index contributed by atoms with van der Waals surface area (Å²) in [5.41, 5.74) is 1.73. The maximum atomic E-state index is 12.4. The normalized spacial score (nSPS) is 11.5. The highest BCUT2D eigenvalue weighted by Crippen LogP contribution is 2.19. The Bertz CT molecular complexity index is 655. The minimum Gasteiger partial charge on any atom is -0.384 e. The van der Waals surface area contributed by atoms with E-state index in [0.29, 0.717) is 18.7 Å². The molecule has 0 spiro atoms. The van der Waals surface area contributed by atoms with E-state index in [1.54, 1.807) is 23.6 Å². The van der Waals surface area contributed by atoms with Gasteiger partial charge < -0.3 is 5.32 Å². The van der Waals surface area contributed by atoms with Crippen LogP contribution in [-0.2, 0) is 16.4 Å². The van der Waals surface area contributed by atoms with Crippen molar-refractivity contribution in [3.63, 3.8) is 0 Å². The number of aromatic nitrogens is 1. The van der Waals surface area contributed by atoms with Crippen molar-refractivity contribution in [1.29, 1.82) is 0 Å². The van der Waals surface area contributed by atoms with E-state index in [-0.39, 0.29) is 4.90 Å². The van der Waals surface area contributed by atoms with Crippen molar-refractivity contribution < 1.29 is 8.42 Å². The largest absolute Gasteiger partial charge is 0.384 e. The lowest BCUT2D eigenvalue weighted by atomic mass is 10.2. The smallest absolute Gasteiger partial charge is 0.244 e. The first-order valence-electron chi connectivity index (χ1n) is 6.82. The van der Waals surface area contributed by atoms with Gasteiger partial charge in [0.1, 0.15) is 4.90 Å². The average molecular weight is 325 g/mol. The summed E-state index contributed by atoms with van der Waals surface area (Å²) < 4.78 is 27.3. The summed E-state index contributed by atoms with van der Waals surface area (Å²) in [5.74, 6) is 0. The molecule has 7 heteroatoms. The Morgan fingerprint density at radius 3 is 2.86 bits per heavy atom. The third-order valence-electron chi connectivity index (χ3n) is 2.93. The lowest BCUT2D eigenvalue weighted by molar-refractivity contribution is 0.581. The van der Waals surface area contributed by atoms with E-state index in [0.717, 1.165) is 18.5 Å². The van der Waals surface area contributed by atoms with Crippen molar-refractivity contribution in [3.05, 3.63) is 40.8 Å². The predicted molar refractivity (Wildman–Crippen MR) is 86.2 cm³/mol. The molecule has 0 amide bonds. The fourth-order valence-corrected chi connectivity index (χ4v) is 3.70. The minimum absolute atomic E-state index is 0.198. The molecule has 2 aromatic heterocycles. The minimum atomic E-state index is -3.55. The molecular weight excluding hydrogens is 306 g/mol. The van der Waals surface area contributed by atoms with Crippen LogP contribution in [0.25, 0.3) is 0 Å². The van der Waals surface area contributed by atoms with Gasteiger partial charge in [0.15, 0.2) is 0 Å². The number of rotatable bonds is 8. The van der Waals surface area contributed by atoms with Gasteiger partial charge in [0.05, 0.1) is 5.69 Å². The molecule has 114 valence electrons. The molecule has 0 atom stereocenters. The van der Waals surface area contributed by atoms with Crippen LogP contribution in [0.15, 0.2) is 40.2 Å². The molecule has 0 aliphatic heterocycles. The molecule has 0 bridgehead atoms. The van der Waals surface area contributed by atoms with Gasteiger partial charge in [-0.15, -0.1) is 0 Å². The molecule has 0 aliphatic carbocycles. The molecule has 0 unspecified atom stereocenters. The highest BCUT2D eigenvalue weighted by atomic mass is 32.2. The summed E-state index contributed by atoms with van der Waals surface area (Å²) in [7, 11) is -3.55. The molecule has 2 N–H and O–H groups in total. The van der Waals surface area contributed by atoms with E-state index in [9.17, 15) is 8.42 Å². The molecule has 0 aliphatic rings. The summed E-state index contributed by atoms with van der Waals surface area (Å²) in [5, 5.41) is 7.12. The number of sulfonamides is 1. The predicted octanol–water partition coefficient (Wildman–Crippen LogP) is 2.49. The number of thiophene rings is 1. The fraction of sp³-hybridized carbons (Fsp3) is 0.357.